The lowest BCUT2D eigenvalue weighted by molar-refractivity contribution is -0.384. The molecule has 0 saturated heterocycles. The second kappa shape index (κ2) is 11.1. The van der Waals surface area contributed by atoms with Crippen molar-refractivity contribution < 1.29 is 23.9 Å². The number of carbonyl (C=O) groups excluding carboxylic acids is 1. The molecule has 0 fully saturated rings. The van der Waals surface area contributed by atoms with E-state index in [0.29, 0.717) is 28.4 Å². The molecule has 0 aliphatic heterocycles. The maximum atomic E-state index is 12.5. The fourth-order valence-electron chi connectivity index (χ4n) is 2.79. The fraction of sp³-hybridized carbons (Fsp3) is 0.130. The van der Waals surface area contributed by atoms with Crippen molar-refractivity contribution in [2.24, 2.45) is 5.10 Å². The van der Waals surface area contributed by atoms with Crippen molar-refractivity contribution in [1.29, 1.82) is 0 Å². The lowest BCUT2D eigenvalue weighted by Crippen LogP contribution is -2.17. The molecule has 9 nitrogen and oxygen atoms in total. The summed E-state index contributed by atoms with van der Waals surface area (Å²) in [4.78, 5) is 22.8. The highest BCUT2D eigenvalue weighted by atomic mass is 79.9. The van der Waals surface area contributed by atoms with Crippen LogP contribution in [0.3, 0.4) is 0 Å². The Hall–Kier alpha value is -3.92. The number of amides is 1. The third kappa shape index (κ3) is 6.53. The van der Waals surface area contributed by atoms with E-state index in [9.17, 15) is 14.9 Å². The van der Waals surface area contributed by atoms with E-state index in [1.165, 1.54) is 32.6 Å². The second-order valence-corrected chi connectivity index (χ2v) is 7.61. The summed E-state index contributed by atoms with van der Waals surface area (Å²) < 4.78 is 17.0. The van der Waals surface area contributed by atoms with Crippen LogP contribution in [0.15, 0.2) is 70.2 Å². The van der Waals surface area contributed by atoms with Gasteiger partial charge in [-0.05, 0) is 48.0 Å². The van der Waals surface area contributed by atoms with Crippen molar-refractivity contribution in [2.45, 2.75) is 6.61 Å². The zero-order valence-electron chi connectivity index (χ0n) is 17.8. The van der Waals surface area contributed by atoms with Crippen LogP contribution in [-0.4, -0.2) is 31.3 Å². The Bertz CT molecular complexity index is 1160. The smallest absolute Gasteiger partial charge is 0.271 e. The number of benzene rings is 3. The van der Waals surface area contributed by atoms with Gasteiger partial charge in [0.1, 0.15) is 23.9 Å². The Balaban J connectivity index is 1.70. The van der Waals surface area contributed by atoms with Gasteiger partial charge >= 0.3 is 0 Å². The molecule has 0 aliphatic rings. The highest BCUT2D eigenvalue weighted by Gasteiger charge is 2.10. The number of nitro benzene ring substituents is 1. The van der Waals surface area contributed by atoms with Gasteiger partial charge in [-0.2, -0.15) is 5.10 Å². The van der Waals surface area contributed by atoms with Crippen LogP contribution in [0, 0.1) is 10.1 Å². The van der Waals surface area contributed by atoms with Crippen LogP contribution in [0.2, 0.25) is 0 Å². The average Bonchev–Trinajstić information content (AvgIpc) is 2.83. The molecule has 33 heavy (non-hydrogen) atoms. The lowest BCUT2D eigenvalue weighted by Gasteiger charge is -2.10. The Labute approximate surface area is 198 Å². The maximum absolute atomic E-state index is 12.5. The first-order chi connectivity index (χ1) is 15.9. The number of carbonyl (C=O) groups is 1. The largest absolute Gasteiger partial charge is 0.497 e. The second-order valence-electron chi connectivity index (χ2n) is 6.69. The molecule has 0 spiro atoms. The summed E-state index contributed by atoms with van der Waals surface area (Å²) >= 11 is 3.41. The molecule has 0 radical (unpaired) electrons. The van der Waals surface area contributed by atoms with E-state index < -0.39 is 10.8 Å². The summed E-state index contributed by atoms with van der Waals surface area (Å²) in [6.45, 7) is 0.205. The van der Waals surface area contributed by atoms with Crippen molar-refractivity contribution >= 4 is 33.7 Å². The predicted octanol–water partition coefficient (Wildman–Crippen LogP) is 4.72. The van der Waals surface area contributed by atoms with E-state index in [-0.39, 0.29) is 12.3 Å². The average molecular weight is 514 g/mol. The molecule has 3 aromatic rings. The molecule has 0 unspecified atom stereocenters. The molecule has 3 aromatic carbocycles. The van der Waals surface area contributed by atoms with E-state index in [2.05, 4.69) is 26.5 Å². The summed E-state index contributed by atoms with van der Waals surface area (Å²) in [6.07, 6.45) is 1.46. The van der Waals surface area contributed by atoms with E-state index in [0.717, 1.165) is 10.0 Å². The number of methoxy groups -OCH3 is 2. The van der Waals surface area contributed by atoms with Crippen molar-refractivity contribution in [2.75, 3.05) is 14.2 Å². The highest BCUT2D eigenvalue weighted by molar-refractivity contribution is 9.10. The lowest BCUT2D eigenvalue weighted by atomic mass is 10.2. The summed E-state index contributed by atoms with van der Waals surface area (Å²) in [5, 5.41) is 14.8. The van der Waals surface area contributed by atoms with E-state index >= 15 is 0 Å². The molecular weight excluding hydrogens is 494 g/mol. The number of rotatable bonds is 9. The number of nitrogens with zero attached hydrogens (tertiary/aromatic N) is 2. The fourth-order valence-corrected chi connectivity index (χ4v) is 3.17. The van der Waals surface area contributed by atoms with Crippen molar-refractivity contribution in [3.8, 4) is 17.2 Å². The molecule has 170 valence electrons. The van der Waals surface area contributed by atoms with E-state index in [1.807, 2.05) is 6.07 Å². The molecule has 3 rings (SSSR count). The quantitative estimate of drug-likeness (QED) is 0.251. The van der Waals surface area contributed by atoms with Crippen LogP contribution >= 0.6 is 15.9 Å². The highest BCUT2D eigenvalue weighted by Crippen LogP contribution is 2.24. The Morgan fingerprint density at radius 1 is 1.06 bits per heavy atom. The van der Waals surface area contributed by atoms with Crippen molar-refractivity contribution in [3.05, 3.63) is 91.9 Å². The molecule has 0 saturated carbocycles. The summed E-state index contributed by atoms with van der Waals surface area (Å²) in [5.41, 5.74) is 4.20. The summed E-state index contributed by atoms with van der Waals surface area (Å²) in [6, 6.07) is 16.3. The number of hydrogen-bond acceptors (Lipinski definition) is 7. The first kappa shape index (κ1) is 23.7. The molecule has 10 heteroatoms. The number of hydrazone groups is 1. The number of halogens is 1. The monoisotopic (exact) mass is 513 g/mol. The van der Waals surface area contributed by atoms with Gasteiger partial charge in [-0.15, -0.1) is 0 Å². The van der Waals surface area contributed by atoms with Gasteiger partial charge in [-0.25, -0.2) is 5.43 Å². The molecule has 0 aliphatic carbocycles. The van der Waals surface area contributed by atoms with Gasteiger partial charge in [0, 0.05) is 33.8 Å². The van der Waals surface area contributed by atoms with E-state index in [1.54, 1.807) is 42.5 Å². The minimum Gasteiger partial charge on any atom is -0.497 e. The zero-order valence-corrected chi connectivity index (χ0v) is 19.4. The predicted molar refractivity (Wildman–Crippen MR) is 126 cm³/mol. The van der Waals surface area contributed by atoms with Crippen LogP contribution in [0.25, 0.3) is 0 Å². The first-order valence-corrected chi connectivity index (χ1v) is 10.4. The minimum absolute atomic E-state index is 0.0135. The van der Waals surface area contributed by atoms with Crippen molar-refractivity contribution in [3.63, 3.8) is 0 Å². The molecule has 0 heterocycles. The summed E-state index contributed by atoms with van der Waals surface area (Å²) in [7, 11) is 3.00. The third-order valence-electron chi connectivity index (χ3n) is 4.50. The number of non-ortho nitro benzene ring substituents is 1. The topological polar surface area (TPSA) is 112 Å². The minimum atomic E-state index is -0.455. The molecule has 1 N–H and O–H groups in total. The summed E-state index contributed by atoms with van der Waals surface area (Å²) in [5.74, 6) is 1.05. The SMILES string of the molecule is COc1cc(OC)cc(C(=O)N/N=C\c2cc(Br)ccc2OCc2ccc([N+](=O)[O-])cc2)c1. The van der Waals surface area contributed by atoms with Crippen LogP contribution in [-0.2, 0) is 6.61 Å². The van der Waals surface area contributed by atoms with Gasteiger partial charge in [-0.3, -0.25) is 14.9 Å². The number of hydrogen-bond donors (Lipinski definition) is 1. The Morgan fingerprint density at radius 3 is 2.33 bits per heavy atom. The van der Waals surface area contributed by atoms with Gasteiger partial charge in [0.15, 0.2) is 0 Å². The first-order valence-electron chi connectivity index (χ1n) is 9.61. The molecule has 0 aromatic heterocycles. The molecule has 0 bridgehead atoms. The molecule has 0 atom stereocenters. The van der Waals surface area contributed by atoms with Gasteiger partial charge < -0.3 is 14.2 Å². The number of nitrogens with one attached hydrogen (secondary N) is 1. The van der Waals surface area contributed by atoms with Crippen LogP contribution < -0.4 is 19.6 Å². The normalized spacial score (nSPS) is 10.6. The number of nitro groups is 1. The Morgan fingerprint density at radius 2 is 1.73 bits per heavy atom. The zero-order chi connectivity index (χ0) is 23.8. The van der Waals surface area contributed by atoms with Crippen molar-refractivity contribution in [1.82, 2.24) is 5.43 Å². The molecular formula is C23H20BrN3O6. The van der Waals surface area contributed by atoms with Gasteiger partial charge in [0.05, 0.1) is 25.4 Å². The van der Waals surface area contributed by atoms with Crippen LogP contribution in [0.4, 0.5) is 5.69 Å². The molecule has 1 amide bonds. The van der Waals surface area contributed by atoms with Gasteiger partial charge in [0.2, 0.25) is 0 Å². The standard InChI is InChI=1S/C23H20BrN3O6/c1-31-20-10-16(11-21(12-20)32-2)23(28)26-25-13-17-9-18(24)5-8-22(17)33-14-15-3-6-19(7-4-15)27(29)30/h3-13H,14H2,1-2H3,(H,26,28)/b25-13-. The van der Waals surface area contributed by atoms with Crippen LogP contribution in [0.5, 0.6) is 17.2 Å². The Kier molecular flexibility index (Phi) is 7.98. The van der Waals surface area contributed by atoms with E-state index in [4.69, 9.17) is 14.2 Å². The maximum Gasteiger partial charge on any atom is 0.271 e. The number of ether oxygens (including phenoxy) is 3. The van der Waals surface area contributed by atoms with Crippen LogP contribution in [0.1, 0.15) is 21.5 Å². The van der Waals surface area contributed by atoms with Gasteiger partial charge in [0.25, 0.3) is 11.6 Å². The third-order valence-corrected chi connectivity index (χ3v) is 4.99. The van der Waals surface area contributed by atoms with Gasteiger partial charge in [-0.1, -0.05) is 15.9 Å².